The third-order valence-electron chi connectivity index (χ3n) is 2.86. The van der Waals surface area contributed by atoms with Crippen LogP contribution in [-0.2, 0) is 16.1 Å². The van der Waals surface area contributed by atoms with Crippen LogP contribution in [0.2, 0.25) is 0 Å². The fraction of sp³-hybridized carbons (Fsp3) is 0.500. The average Bonchev–Trinajstić information content (AvgIpc) is 2.35. The molecule has 0 aliphatic carbocycles. The summed E-state index contributed by atoms with van der Waals surface area (Å²) in [5, 5.41) is 18.6. The molecule has 0 bridgehead atoms. The Kier molecular flexibility index (Phi) is 5.95. The highest BCUT2D eigenvalue weighted by Crippen LogP contribution is 2.12. The summed E-state index contributed by atoms with van der Waals surface area (Å²) in [4.78, 5) is 10.8. The van der Waals surface area contributed by atoms with Crippen molar-refractivity contribution in [3.8, 4) is 0 Å². The average molecular weight is 267 g/mol. The van der Waals surface area contributed by atoms with Crippen LogP contribution in [0.25, 0.3) is 0 Å². The van der Waals surface area contributed by atoms with Gasteiger partial charge < -0.3 is 20.7 Å². The predicted octanol–water partition coefficient (Wildman–Crippen LogP) is 1.15. The molecule has 19 heavy (non-hydrogen) atoms. The maximum atomic E-state index is 10.8. The molecule has 4 N–H and O–H groups in total. The molecule has 0 saturated carbocycles. The smallest absolute Gasteiger partial charge is 0.323 e. The first-order valence-electron chi connectivity index (χ1n) is 6.24. The van der Waals surface area contributed by atoms with Crippen molar-refractivity contribution in [2.45, 2.75) is 38.0 Å². The summed E-state index contributed by atoms with van der Waals surface area (Å²) in [6.45, 7) is 2.24. The first kappa shape index (κ1) is 15.6. The number of ether oxygens (including phenoxy) is 1. The lowest BCUT2D eigenvalue weighted by molar-refractivity contribution is -0.144. The first-order valence-corrected chi connectivity index (χ1v) is 6.24. The standard InChI is InChI=1S/C14H21NO4/c1-14(15,13(17)18)9-12(16)7-8-19-10-11-5-3-2-4-6-11/h2-6,12,16H,7-10,15H2,1H3,(H,17,18). The minimum absolute atomic E-state index is 0.0109. The van der Waals surface area contributed by atoms with Crippen molar-refractivity contribution in [2.24, 2.45) is 5.73 Å². The minimum Gasteiger partial charge on any atom is -0.480 e. The van der Waals surface area contributed by atoms with E-state index in [0.717, 1.165) is 5.56 Å². The number of carbonyl (C=O) groups is 1. The lowest BCUT2D eigenvalue weighted by Gasteiger charge is -2.22. The quantitative estimate of drug-likeness (QED) is 0.614. The van der Waals surface area contributed by atoms with Gasteiger partial charge in [0.1, 0.15) is 5.54 Å². The van der Waals surface area contributed by atoms with Crippen LogP contribution in [-0.4, -0.2) is 34.4 Å². The molecule has 0 fully saturated rings. The second kappa shape index (κ2) is 7.23. The van der Waals surface area contributed by atoms with E-state index in [2.05, 4.69) is 0 Å². The van der Waals surface area contributed by atoms with Crippen molar-refractivity contribution in [1.29, 1.82) is 0 Å². The molecule has 1 aromatic rings. The third kappa shape index (κ3) is 5.83. The molecule has 1 aromatic carbocycles. The molecule has 0 aliphatic heterocycles. The summed E-state index contributed by atoms with van der Waals surface area (Å²) < 4.78 is 5.42. The van der Waals surface area contributed by atoms with Crippen LogP contribution >= 0.6 is 0 Å². The molecule has 1 rings (SSSR count). The largest absolute Gasteiger partial charge is 0.480 e. The maximum Gasteiger partial charge on any atom is 0.323 e. The van der Waals surface area contributed by atoms with Gasteiger partial charge in [0, 0.05) is 13.0 Å². The molecule has 0 aliphatic rings. The summed E-state index contributed by atoms with van der Waals surface area (Å²) in [5.41, 5.74) is 5.21. The Morgan fingerprint density at radius 3 is 2.63 bits per heavy atom. The van der Waals surface area contributed by atoms with E-state index in [1.54, 1.807) is 0 Å². The van der Waals surface area contributed by atoms with Crippen LogP contribution in [0.5, 0.6) is 0 Å². The third-order valence-corrected chi connectivity index (χ3v) is 2.86. The molecular weight excluding hydrogens is 246 g/mol. The van der Waals surface area contributed by atoms with Crippen molar-refractivity contribution < 1.29 is 19.7 Å². The van der Waals surface area contributed by atoms with Crippen LogP contribution in [0.3, 0.4) is 0 Å². The van der Waals surface area contributed by atoms with E-state index >= 15 is 0 Å². The summed E-state index contributed by atoms with van der Waals surface area (Å²) in [6, 6.07) is 9.71. The molecule has 0 amide bonds. The van der Waals surface area contributed by atoms with Gasteiger partial charge in [-0.2, -0.15) is 0 Å². The highest BCUT2D eigenvalue weighted by molar-refractivity contribution is 5.77. The minimum atomic E-state index is -1.40. The number of aliphatic hydroxyl groups is 1. The Hall–Kier alpha value is -1.43. The number of hydrogen-bond donors (Lipinski definition) is 3. The normalized spacial score (nSPS) is 15.7. The Morgan fingerprint density at radius 2 is 2.05 bits per heavy atom. The van der Waals surface area contributed by atoms with Crippen molar-refractivity contribution in [1.82, 2.24) is 0 Å². The summed E-state index contributed by atoms with van der Waals surface area (Å²) >= 11 is 0. The van der Waals surface area contributed by atoms with E-state index < -0.39 is 17.6 Å². The lowest BCUT2D eigenvalue weighted by atomic mass is 9.94. The zero-order valence-corrected chi connectivity index (χ0v) is 11.1. The zero-order chi connectivity index (χ0) is 14.3. The van der Waals surface area contributed by atoms with E-state index in [-0.39, 0.29) is 6.42 Å². The van der Waals surface area contributed by atoms with Crippen LogP contribution in [0.1, 0.15) is 25.3 Å². The fourth-order valence-electron chi connectivity index (χ4n) is 1.66. The van der Waals surface area contributed by atoms with Crippen molar-refractivity contribution >= 4 is 5.97 Å². The van der Waals surface area contributed by atoms with Crippen LogP contribution in [0.4, 0.5) is 0 Å². The van der Waals surface area contributed by atoms with E-state index in [1.165, 1.54) is 6.92 Å². The summed E-state index contributed by atoms with van der Waals surface area (Å²) in [6.07, 6.45) is -0.397. The number of rotatable bonds is 8. The predicted molar refractivity (Wildman–Crippen MR) is 71.6 cm³/mol. The topological polar surface area (TPSA) is 92.8 Å². The Labute approximate surface area is 113 Å². The molecule has 0 spiro atoms. The van der Waals surface area contributed by atoms with Crippen LogP contribution in [0, 0.1) is 0 Å². The molecule has 0 saturated heterocycles. The molecule has 2 atom stereocenters. The number of hydrogen-bond acceptors (Lipinski definition) is 4. The van der Waals surface area contributed by atoms with Gasteiger partial charge in [0.25, 0.3) is 0 Å². The fourth-order valence-corrected chi connectivity index (χ4v) is 1.66. The van der Waals surface area contributed by atoms with E-state index in [0.29, 0.717) is 19.6 Å². The molecule has 5 nitrogen and oxygen atoms in total. The van der Waals surface area contributed by atoms with Gasteiger partial charge in [0.2, 0.25) is 0 Å². The van der Waals surface area contributed by atoms with E-state index in [4.69, 9.17) is 15.6 Å². The highest BCUT2D eigenvalue weighted by atomic mass is 16.5. The summed E-state index contributed by atoms with van der Waals surface area (Å²) in [5.74, 6) is -1.11. The second-order valence-corrected chi connectivity index (χ2v) is 4.91. The monoisotopic (exact) mass is 267 g/mol. The van der Waals surface area contributed by atoms with Gasteiger partial charge >= 0.3 is 5.97 Å². The number of carboxylic acid groups (broad SMARTS) is 1. The van der Waals surface area contributed by atoms with E-state index in [1.807, 2.05) is 30.3 Å². The Balaban J connectivity index is 2.21. The number of aliphatic carboxylic acids is 1. The molecular formula is C14H21NO4. The number of benzene rings is 1. The van der Waals surface area contributed by atoms with Gasteiger partial charge in [-0.3, -0.25) is 4.79 Å². The molecule has 5 heteroatoms. The number of carboxylic acids is 1. The molecule has 106 valence electrons. The van der Waals surface area contributed by atoms with Gasteiger partial charge in [-0.05, 0) is 18.9 Å². The molecule has 0 aromatic heterocycles. The molecule has 2 unspecified atom stereocenters. The maximum absolute atomic E-state index is 10.8. The highest BCUT2D eigenvalue weighted by Gasteiger charge is 2.30. The van der Waals surface area contributed by atoms with Crippen LogP contribution < -0.4 is 5.73 Å². The van der Waals surface area contributed by atoms with Crippen molar-refractivity contribution in [3.63, 3.8) is 0 Å². The van der Waals surface area contributed by atoms with Gasteiger partial charge in [-0.25, -0.2) is 0 Å². The first-order chi connectivity index (χ1) is 8.92. The Morgan fingerprint density at radius 1 is 1.42 bits per heavy atom. The summed E-state index contributed by atoms with van der Waals surface area (Å²) in [7, 11) is 0. The van der Waals surface area contributed by atoms with Crippen molar-refractivity contribution in [3.05, 3.63) is 35.9 Å². The lowest BCUT2D eigenvalue weighted by Crippen LogP contribution is -2.47. The van der Waals surface area contributed by atoms with Gasteiger partial charge in [0.15, 0.2) is 0 Å². The van der Waals surface area contributed by atoms with Crippen LogP contribution in [0.15, 0.2) is 30.3 Å². The van der Waals surface area contributed by atoms with Crippen molar-refractivity contribution in [2.75, 3.05) is 6.61 Å². The number of nitrogens with two attached hydrogens (primary N) is 1. The molecule has 0 heterocycles. The second-order valence-electron chi connectivity index (χ2n) is 4.91. The van der Waals surface area contributed by atoms with Gasteiger partial charge in [-0.15, -0.1) is 0 Å². The van der Waals surface area contributed by atoms with Gasteiger partial charge in [-0.1, -0.05) is 30.3 Å². The SMILES string of the molecule is CC(N)(CC(O)CCOCc1ccccc1)C(=O)O. The van der Waals surface area contributed by atoms with E-state index in [9.17, 15) is 9.90 Å². The van der Waals surface area contributed by atoms with Gasteiger partial charge in [0.05, 0.1) is 12.7 Å². The molecule has 0 radical (unpaired) electrons. The zero-order valence-electron chi connectivity index (χ0n) is 11.1. The number of aliphatic hydroxyl groups excluding tert-OH is 1. The Bertz CT molecular complexity index is 392.